The Kier molecular flexibility index (Phi) is 3.61. The van der Waals surface area contributed by atoms with Gasteiger partial charge in [0.05, 0.1) is 17.6 Å². The van der Waals surface area contributed by atoms with Crippen molar-refractivity contribution in [2.45, 2.75) is 58.7 Å². The molecule has 1 saturated heterocycles. The number of nitrogens with zero attached hydrogens (tertiary/aromatic N) is 1. The molecule has 0 radical (unpaired) electrons. The normalized spacial score (nSPS) is 22.3. The summed E-state index contributed by atoms with van der Waals surface area (Å²) in [5, 5.41) is 0. The van der Waals surface area contributed by atoms with Crippen LogP contribution in [0.1, 0.15) is 46.6 Å². The fourth-order valence-electron chi connectivity index (χ4n) is 3.00. The summed E-state index contributed by atoms with van der Waals surface area (Å²) >= 11 is 0. The molecule has 22 heavy (non-hydrogen) atoms. The van der Waals surface area contributed by atoms with Crippen LogP contribution >= 0.6 is 0 Å². The van der Waals surface area contributed by atoms with Crippen LogP contribution < -0.4 is 10.4 Å². The van der Waals surface area contributed by atoms with Crippen molar-refractivity contribution in [2.75, 3.05) is 11.4 Å². The molecule has 0 aliphatic carbocycles. The fraction of sp³-hybridized carbons (Fsp3) is 0.588. The van der Waals surface area contributed by atoms with Gasteiger partial charge in [0.1, 0.15) is 0 Å². The third-order valence-electron chi connectivity index (χ3n) is 5.01. The molecule has 3 rings (SSSR count). The van der Waals surface area contributed by atoms with E-state index < -0.39 is 0 Å². The lowest BCUT2D eigenvalue weighted by molar-refractivity contribution is -0.117. The van der Waals surface area contributed by atoms with Gasteiger partial charge in [-0.15, -0.1) is 0 Å². The molecule has 1 aromatic carbocycles. The molecule has 2 aliphatic heterocycles. The van der Waals surface area contributed by atoms with E-state index in [9.17, 15) is 4.79 Å². The highest BCUT2D eigenvalue weighted by Crippen LogP contribution is 2.37. The van der Waals surface area contributed by atoms with Crippen LogP contribution in [0.2, 0.25) is 0 Å². The second-order valence-electron chi connectivity index (χ2n) is 7.20. The Labute approximate surface area is 132 Å². The predicted molar refractivity (Wildman–Crippen MR) is 88.5 cm³/mol. The molecular weight excluding hydrogens is 277 g/mol. The van der Waals surface area contributed by atoms with Gasteiger partial charge in [-0.05, 0) is 51.2 Å². The average molecular weight is 301 g/mol. The summed E-state index contributed by atoms with van der Waals surface area (Å²) in [4.78, 5) is 14.0. The minimum Gasteiger partial charge on any atom is -0.399 e. The van der Waals surface area contributed by atoms with Gasteiger partial charge < -0.3 is 14.2 Å². The molecule has 1 aromatic rings. The van der Waals surface area contributed by atoms with Crippen LogP contribution in [0.15, 0.2) is 18.2 Å². The van der Waals surface area contributed by atoms with Crippen LogP contribution in [0, 0.1) is 0 Å². The topological polar surface area (TPSA) is 38.8 Å². The van der Waals surface area contributed by atoms with E-state index in [1.54, 1.807) is 0 Å². The zero-order valence-electron chi connectivity index (χ0n) is 14.1. The van der Waals surface area contributed by atoms with Gasteiger partial charge in [0.25, 0.3) is 0 Å². The Hall–Kier alpha value is -1.33. The summed E-state index contributed by atoms with van der Waals surface area (Å²) in [7, 11) is -0.370. The number of anilines is 1. The summed E-state index contributed by atoms with van der Waals surface area (Å²) in [6.07, 6.45) is 1.44. The molecule has 0 unspecified atom stereocenters. The first kappa shape index (κ1) is 15.6. The van der Waals surface area contributed by atoms with Gasteiger partial charge in [0.15, 0.2) is 0 Å². The minimum atomic E-state index is -0.370. The van der Waals surface area contributed by atoms with Gasteiger partial charge in [0.2, 0.25) is 5.91 Å². The van der Waals surface area contributed by atoms with E-state index in [2.05, 4.69) is 13.0 Å². The first-order valence-corrected chi connectivity index (χ1v) is 8.04. The van der Waals surface area contributed by atoms with Crippen molar-refractivity contribution in [1.82, 2.24) is 0 Å². The van der Waals surface area contributed by atoms with Gasteiger partial charge >= 0.3 is 7.12 Å². The van der Waals surface area contributed by atoms with Gasteiger partial charge in [-0.2, -0.15) is 0 Å². The molecule has 0 bridgehead atoms. The molecule has 118 valence electrons. The van der Waals surface area contributed by atoms with E-state index in [4.69, 9.17) is 9.31 Å². The van der Waals surface area contributed by atoms with Crippen molar-refractivity contribution in [3.05, 3.63) is 23.8 Å². The molecule has 0 N–H and O–H groups in total. The zero-order valence-corrected chi connectivity index (χ0v) is 14.1. The summed E-state index contributed by atoms with van der Waals surface area (Å²) in [5.41, 5.74) is 2.41. The van der Waals surface area contributed by atoms with Gasteiger partial charge in [-0.25, -0.2) is 0 Å². The molecule has 0 spiro atoms. The van der Waals surface area contributed by atoms with Crippen LogP contribution in [0.4, 0.5) is 5.69 Å². The number of carbonyl (C=O) groups excluding carboxylic acids is 1. The van der Waals surface area contributed by atoms with E-state index in [0.29, 0.717) is 6.42 Å². The summed E-state index contributed by atoms with van der Waals surface area (Å²) < 4.78 is 12.2. The molecule has 0 saturated carbocycles. The number of fused-ring (bicyclic) bond motifs is 1. The number of amides is 1. The molecule has 1 fully saturated rings. The lowest BCUT2D eigenvalue weighted by Gasteiger charge is -2.32. The average Bonchev–Trinajstić information content (AvgIpc) is 2.84. The van der Waals surface area contributed by atoms with Crippen molar-refractivity contribution in [2.24, 2.45) is 0 Å². The largest absolute Gasteiger partial charge is 0.494 e. The summed E-state index contributed by atoms with van der Waals surface area (Å²) in [6, 6.07) is 6.10. The van der Waals surface area contributed by atoms with Crippen molar-refractivity contribution < 1.29 is 14.1 Å². The maximum atomic E-state index is 12.1. The zero-order chi connectivity index (χ0) is 16.1. The number of carbonyl (C=O) groups is 1. The second kappa shape index (κ2) is 5.10. The number of rotatable bonds is 3. The van der Waals surface area contributed by atoms with E-state index in [1.807, 2.05) is 44.7 Å². The Morgan fingerprint density at radius 2 is 1.82 bits per heavy atom. The van der Waals surface area contributed by atoms with Crippen molar-refractivity contribution >= 4 is 24.2 Å². The first-order valence-electron chi connectivity index (χ1n) is 8.04. The Bertz CT molecular complexity index is 596. The monoisotopic (exact) mass is 301 g/mol. The number of benzene rings is 1. The van der Waals surface area contributed by atoms with Gasteiger partial charge in [0, 0.05) is 12.2 Å². The highest BCUT2D eigenvalue weighted by atomic mass is 16.7. The SMILES string of the molecule is CCCN1C(=O)Cc2cc(B3OC(C)(C)C(C)(C)O3)ccc21. The molecule has 2 heterocycles. The summed E-state index contributed by atoms with van der Waals surface area (Å²) in [5.74, 6) is 0.183. The standard InChI is InChI=1S/C17H24BNO3/c1-6-9-19-14-8-7-13(10-12(14)11-15(19)20)18-21-16(2,3)17(4,5)22-18/h7-8,10H,6,9,11H2,1-5H3. The highest BCUT2D eigenvalue weighted by Gasteiger charge is 2.51. The fourth-order valence-corrected chi connectivity index (χ4v) is 3.00. The van der Waals surface area contributed by atoms with Crippen molar-refractivity contribution in [3.8, 4) is 0 Å². The van der Waals surface area contributed by atoms with E-state index >= 15 is 0 Å². The smallest absolute Gasteiger partial charge is 0.399 e. The lowest BCUT2D eigenvalue weighted by Crippen LogP contribution is -2.41. The van der Waals surface area contributed by atoms with E-state index in [1.165, 1.54) is 0 Å². The van der Waals surface area contributed by atoms with Crippen LogP contribution in [0.25, 0.3) is 0 Å². The van der Waals surface area contributed by atoms with Gasteiger partial charge in [-0.3, -0.25) is 4.79 Å². The molecular formula is C17H24BNO3. The maximum Gasteiger partial charge on any atom is 0.494 e. The van der Waals surface area contributed by atoms with Crippen LogP contribution in [-0.2, 0) is 20.5 Å². The van der Waals surface area contributed by atoms with E-state index in [-0.39, 0.29) is 24.2 Å². The van der Waals surface area contributed by atoms with Crippen LogP contribution in [0.5, 0.6) is 0 Å². The molecule has 4 nitrogen and oxygen atoms in total. The summed E-state index contributed by atoms with van der Waals surface area (Å²) in [6.45, 7) is 11.1. The lowest BCUT2D eigenvalue weighted by atomic mass is 9.78. The van der Waals surface area contributed by atoms with Crippen LogP contribution in [-0.4, -0.2) is 30.8 Å². The second-order valence-corrected chi connectivity index (χ2v) is 7.20. The Morgan fingerprint density at radius 3 is 2.41 bits per heavy atom. The number of hydrogen-bond donors (Lipinski definition) is 0. The Morgan fingerprint density at radius 1 is 1.18 bits per heavy atom. The highest BCUT2D eigenvalue weighted by molar-refractivity contribution is 6.62. The molecule has 2 aliphatic rings. The van der Waals surface area contributed by atoms with Crippen LogP contribution in [0.3, 0.4) is 0 Å². The molecule has 0 aromatic heterocycles. The predicted octanol–water partition coefficient (Wildman–Crippen LogP) is 2.28. The van der Waals surface area contributed by atoms with Gasteiger partial charge in [-0.1, -0.05) is 19.1 Å². The van der Waals surface area contributed by atoms with Crippen molar-refractivity contribution in [1.29, 1.82) is 0 Å². The molecule has 0 atom stereocenters. The molecule has 1 amide bonds. The van der Waals surface area contributed by atoms with E-state index in [0.717, 1.165) is 29.7 Å². The third-order valence-corrected chi connectivity index (χ3v) is 5.01. The third kappa shape index (κ3) is 2.36. The maximum absolute atomic E-state index is 12.1. The number of hydrogen-bond acceptors (Lipinski definition) is 3. The Balaban J connectivity index is 1.88. The quantitative estimate of drug-likeness (QED) is 0.804. The first-order chi connectivity index (χ1) is 10.2. The van der Waals surface area contributed by atoms with Crippen molar-refractivity contribution in [3.63, 3.8) is 0 Å². The minimum absolute atomic E-state index is 0.183. The molecule has 5 heteroatoms.